The molecule has 5 nitrogen and oxygen atoms in total. The molecule has 1 amide bonds. The van der Waals surface area contributed by atoms with E-state index < -0.39 is 0 Å². The molecule has 1 atom stereocenters. The van der Waals surface area contributed by atoms with Crippen LogP contribution in [0.3, 0.4) is 0 Å². The number of nitrogens with two attached hydrogens (primary N) is 2. The van der Waals surface area contributed by atoms with E-state index in [1.54, 1.807) is 0 Å². The standard InChI is InChI=1S/C11H14N4O/c1-15-8-5-3-2-4-7(8)6-9(15)10(16)14-11(12)13/h2-5,9H,6H2,1H3,(H4,12,13,14,16). The summed E-state index contributed by atoms with van der Waals surface area (Å²) < 4.78 is 0. The summed E-state index contributed by atoms with van der Waals surface area (Å²) in [5, 5.41) is 0. The Labute approximate surface area is 93.7 Å². The second-order valence-electron chi connectivity index (χ2n) is 3.83. The van der Waals surface area contributed by atoms with Gasteiger partial charge in [0, 0.05) is 19.2 Å². The Morgan fingerprint density at radius 1 is 1.44 bits per heavy atom. The molecule has 1 aromatic rings. The topological polar surface area (TPSA) is 84.7 Å². The number of amides is 1. The number of rotatable bonds is 1. The largest absolute Gasteiger partial charge is 0.370 e. The third kappa shape index (κ3) is 1.71. The molecule has 84 valence electrons. The number of carbonyl (C=O) groups excluding carboxylic acids is 1. The normalized spacial score (nSPS) is 18.1. The molecule has 1 heterocycles. The van der Waals surface area contributed by atoms with Crippen molar-refractivity contribution in [3.63, 3.8) is 0 Å². The number of carbonyl (C=O) groups is 1. The first-order valence-electron chi connectivity index (χ1n) is 5.04. The molecule has 1 aliphatic heterocycles. The van der Waals surface area contributed by atoms with Crippen LogP contribution in [0.1, 0.15) is 5.56 Å². The fourth-order valence-electron chi connectivity index (χ4n) is 2.00. The quantitative estimate of drug-likeness (QED) is 0.507. The van der Waals surface area contributed by atoms with E-state index in [0.29, 0.717) is 6.42 Å². The number of hydrogen-bond acceptors (Lipinski definition) is 2. The van der Waals surface area contributed by atoms with E-state index >= 15 is 0 Å². The van der Waals surface area contributed by atoms with Crippen LogP contribution in [0.25, 0.3) is 0 Å². The number of likely N-dealkylation sites (N-methyl/N-ethyl adjacent to an activating group) is 1. The lowest BCUT2D eigenvalue weighted by molar-refractivity contribution is -0.118. The second-order valence-corrected chi connectivity index (χ2v) is 3.83. The summed E-state index contributed by atoms with van der Waals surface area (Å²) in [6, 6.07) is 7.61. The summed E-state index contributed by atoms with van der Waals surface area (Å²) in [7, 11) is 1.87. The van der Waals surface area contributed by atoms with Crippen LogP contribution in [-0.2, 0) is 11.2 Å². The van der Waals surface area contributed by atoms with Crippen LogP contribution in [-0.4, -0.2) is 25.0 Å². The number of benzene rings is 1. The number of guanidine groups is 1. The van der Waals surface area contributed by atoms with Gasteiger partial charge < -0.3 is 16.4 Å². The summed E-state index contributed by atoms with van der Waals surface area (Å²) in [5.41, 5.74) is 12.6. The van der Waals surface area contributed by atoms with Gasteiger partial charge in [-0.15, -0.1) is 0 Å². The van der Waals surface area contributed by atoms with Gasteiger partial charge in [0.25, 0.3) is 5.91 Å². The van der Waals surface area contributed by atoms with Crippen LogP contribution in [0.4, 0.5) is 5.69 Å². The lowest BCUT2D eigenvalue weighted by Crippen LogP contribution is -2.37. The smallest absolute Gasteiger partial charge is 0.271 e. The Balaban J connectivity index is 2.25. The fourth-order valence-corrected chi connectivity index (χ4v) is 2.00. The van der Waals surface area contributed by atoms with E-state index in [9.17, 15) is 4.79 Å². The number of anilines is 1. The number of aliphatic imine (C=N–C) groups is 1. The van der Waals surface area contributed by atoms with Crippen molar-refractivity contribution in [1.29, 1.82) is 0 Å². The molecule has 1 aromatic carbocycles. The predicted octanol–water partition coefficient (Wildman–Crippen LogP) is -0.152. The highest BCUT2D eigenvalue weighted by Gasteiger charge is 2.31. The Kier molecular flexibility index (Phi) is 2.52. The fraction of sp³-hybridized carbons (Fsp3) is 0.273. The second kappa shape index (κ2) is 3.84. The molecule has 0 radical (unpaired) electrons. The van der Waals surface area contributed by atoms with Gasteiger partial charge in [-0.05, 0) is 11.6 Å². The van der Waals surface area contributed by atoms with Crippen LogP contribution in [0, 0.1) is 0 Å². The molecule has 0 aliphatic carbocycles. The first-order chi connectivity index (χ1) is 7.59. The molecule has 1 aliphatic rings. The molecule has 1 unspecified atom stereocenters. The summed E-state index contributed by atoms with van der Waals surface area (Å²) in [6.07, 6.45) is 0.655. The SMILES string of the molecule is CN1c2ccccc2CC1C(=O)N=C(N)N. The molecule has 0 fully saturated rings. The summed E-state index contributed by atoms with van der Waals surface area (Å²) in [4.78, 5) is 17.2. The molecule has 0 saturated heterocycles. The molecule has 2 rings (SSSR count). The lowest BCUT2D eigenvalue weighted by Gasteiger charge is -2.19. The van der Waals surface area contributed by atoms with Crippen molar-refractivity contribution >= 4 is 17.6 Å². The molecule has 0 spiro atoms. The van der Waals surface area contributed by atoms with Crippen molar-refractivity contribution in [3.05, 3.63) is 29.8 Å². The molecule has 5 heteroatoms. The maximum atomic E-state index is 11.7. The highest BCUT2D eigenvalue weighted by Crippen LogP contribution is 2.30. The Bertz CT molecular complexity index is 451. The van der Waals surface area contributed by atoms with E-state index in [4.69, 9.17) is 11.5 Å². The first kappa shape index (κ1) is 10.5. The summed E-state index contributed by atoms with van der Waals surface area (Å²) in [6.45, 7) is 0. The van der Waals surface area contributed by atoms with Crippen molar-refractivity contribution in [2.24, 2.45) is 16.5 Å². The van der Waals surface area contributed by atoms with Crippen molar-refractivity contribution in [2.45, 2.75) is 12.5 Å². The average molecular weight is 218 g/mol. The molecular formula is C11H14N4O. The van der Waals surface area contributed by atoms with Gasteiger partial charge in [-0.1, -0.05) is 18.2 Å². The Hall–Kier alpha value is -2.04. The number of hydrogen-bond donors (Lipinski definition) is 2. The maximum absolute atomic E-state index is 11.7. The minimum Gasteiger partial charge on any atom is -0.370 e. The van der Waals surface area contributed by atoms with E-state index in [0.717, 1.165) is 11.3 Å². The highest BCUT2D eigenvalue weighted by molar-refractivity contribution is 5.97. The van der Waals surface area contributed by atoms with E-state index in [1.165, 1.54) is 0 Å². The van der Waals surface area contributed by atoms with Gasteiger partial charge in [0.15, 0.2) is 5.96 Å². The zero-order chi connectivity index (χ0) is 11.7. The third-order valence-corrected chi connectivity index (χ3v) is 2.78. The maximum Gasteiger partial charge on any atom is 0.271 e. The zero-order valence-corrected chi connectivity index (χ0v) is 9.05. The highest BCUT2D eigenvalue weighted by atomic mass is 16.1. The third-order valence-electron chi connectivity index (χ3n) is 2.78. The minimum atomic E-state index is -0.293. The van der Waals surface area contributed by atoms with Gasteiger partial charge in [0.2, 0.25) is 0 Å². The Morgan fingerprint density at radius 2 is 2.12 bits per heavy atom. The molecule has 0 saturated carbocycles. The van der Waals surface area contributed by atoms with Crippen LogP contribution < -0.4 is 16.4 Å². The van der Waals surface area contributed by atoms with Crippen LogP contribution in [0.5, 0.6) is 0 Å². The number of fused-ring (bicyclic) bond motifs is 1. The van der Waals surface area contributed by atoms with Gasteiger partial charge in [-0.25, -0.2) is 0 Å². The Morgan fingerprint density at radius 3 is 2.75 bits per heavy atom. The van der Waals surface area contributed by atoms with Crippen molar-refractivity contribution < 1.29 is 4.79 Å². The van der Waals surface area contributed by atoms with E-state index in [1.807, 2.05) is 36.2 Å². The predicted molar refractivity (Wildman–Crippen MR) is 63.2 cm³/mol. The van der Waals surface area contributed by atoms with Crippen molar-refractivity contribution in [3.8, 4) is 0 Å². The van der Waals surface area contributed by atoms with Gasteiger partial charge in [-0.2, -0.15) is 4.99 Å². The lowest BCUT2D eigenvalue weighted by atomic mass is 10.1. The van der Waals surface area contributed by atoms with Crippen molar-refractivity contribution in [1.82, 2.24) is 0 Å². The number of para-hydroxylation sites is 1. The first-order valence-corrected chi connectivity index (χ1v) is 5.04. The molecule has 16 heavy (non-hydrogen) atoms. The average Bonchev–Trinajstić information content (AvgIpc) is 2.56. The molecule has 0 bridgehead atoms. The molecular weight excluding hydrogens is 204 g/mol. The molecule has 4 N–H and O–H groups in total. The van der Waals surface area contributed by atoms with Gasteiger partial charge >= 0.3 is 0 Å². The molecule has 0 aromatic heterocycles. The van der Waals surface area contributed by atoms with Gasteiger partial charge in [-0.3, -0.25) is 4.79 Å². The van der Waals surface area contributed by atoms with Crippen molar-refractivity contribution in [2.75, 3.05) is 11.9 Å². The van der Waals surface area contributed by atoms with E-state index in [2.05, 4.69) is 4.99 Å². The zero-order valence-electron chi connectivity index (χ0n) is 9.05. The van der Waals surface area contributed by atoms with Crippen LogP contribution >= 0.6 is 0 Å². The van der Waals surface area contributed by atoms with Gasteiger partial charge in [0.05, 0.1) is 0 Å². The monoisotopic (exact) mass is 218 g/mol. The van der Waals surface area contributed by atoms with E-state index in [-0.39, 0.29) is 17.9 Å². The van der Waals surface area contributed by atoms with Crippen LogP contribution in [0.2, 0.25) is 0 Å². The van der Waals surface area contributed by atoms with Crippen LogP contribution in [0.15, 0.2) is 29.3 Å². The minimum absolute atomic E-state index is 0.186. The summed E-state index contributed by atoms with van der Waals surface area (Å²) >= 11 is 0. The number of nitrogens with zero attached hydrogens (tertiary/aromatic N) is 2. The summed E-state index contributed by atoms with van der Waals surface area (Å²) in [5.74, 6) is -0.479. The van der Waals surface area contributed by atoms with Gasteiger partial charge in [0.1, 0.15) is 6.04 Å².